The van der Waals surface area contributed by atoms with Crippen LogP contribution in [0.4, 0.5) is 8.78 Å². The van der Waals surface area contributed by atoms with Crippen LogP contribution >= 0.6 is 27.5 Å². The maximum Gasteiger partial charge on any atom is 0.266 e. The lowest BCUT2D eigenvalue weighted by molar-refractivity contribution is 0.150. The minimum atomic E-state index is -2.51. The fourth-order valence-corrected chi connectivity index (χ4v) is 1.71. The molecule has 1 aromatic rings. The van der Waals surface area contributed by atoms with E-state index >= 15 is 0 Å². The van der Waals surface area contributed by atoms with Crippen molar-refractivity contribution in [2.75, 3.05) is 0 Å². The van der Waals surface area contributed by atoms with Crippen LogP contribution in [0, 0.1) is 6.92 Å². The lowest BCUT2D eigenvalue weighted by Gasteiger charge is -2.07. The molecular formula is C8H7BrClF2N. The molecule has 0 saturated heterocycles. The highest BCUT2D eigenvalue weighted by Gasteiger charge is 2.14. The molecule has 72 valence electrons. The number of halogens is 4. The molecule has 0 aliphatic heterocycles. The Labute approximate surface area is 88.2 Å². The zero-order valence-corrected chi connectivity index (χ0v) is 9.16. The summed E-state index contributed by atoms with van der Waals surface area (Å²) in [5, 5.41) is 0. The van der Waals surface area contributed by atoms with Crippen molar-refractivity contribution in [3.63, 3.8) is 0 Å². The van der Waals surface area contributed by atoms with E-state index in [1.165, 1.54) is 6.07 Å². The van der Waals surface area contributed by atoms with Gasteiger partial charge in [0.05, 0.1) is 17.1 Å². The van der Waals surface area contributed by atoms with Gasteiger partial charge in [0.25, 0.3) is 6.43 Å². The van der Waals surface area contributed by atoms with Gasteiger partial charge in [-0.3, -0.25) is 0 Å². The highest BCUT2D eigenvalue weighted by molar-refractivity contribution is 9.10. The van der Waals surface area contributed by atoms with Gasteiger partial charge in [0.2, 0.25) is 0 Å². The lowest BCUT2D eigenvalue weighted by atomic mass is 10.2. The largest absolute Gasteiger partial charge is 0.266 e. The van der Waals surface area contributed by atoms with Gasteiger partial charge in [-0.05, 0) is 34.5 Å². The molecular weight excluding hydrogens is 263 g/mol. The summed E-state index contributed by atoms with van der Waals surface area (Å²) < 4.78 is 24.9. The maximum atomic E-state index is 12.3. The SMILES string of the molecule is Cc1cc(C(F)F)c(Br)nc1CCl. The molecule has 0 unspecified atom stereocenters. The van der Waals surface area contributed by atoms with Crippen molar-refractivity contribution in [1.29, 1.82) is 0 Å². The average Bonchev–Trinajstić information content (AvgIpc) is 2.07. The van der Waals surface area contributed by atoms with E-state index in [1.807, 2.05) is 0 Å². The molecule has 0 aromatic carbocycles. The molecule has 13 heavy (non-hydrogen) atoms. The van der Waals surface area contributed by atoms with Gasteiger partial charge in [-0.25, -0.2) is 13.8 Å². The van der Waals surface area contributed by atoms with Gasteiger partial charge in [-0.15, -0.1) is 11.6 Å². The standard InChI is InChI=1S/C8H7BrClF2N/c1-4-2-5(8(11)12)7(9)13-6(4)3-10/h2,8H,3H2,1H3. The van der Waals surface area contributed by atoms with Crippen LogP contribution in [0.2, 0.25) is 0 Å². The maximum absolute atomic E-state index is 12.3. The summed E-state index contributed by atoms with van der Waals surface area (Å²) in [6.07, 6.45) is -2.51. The molecule has 0 bridgehead atoms. The highest BCUT2D eigenvalue weighted by Crippen LogP contribution is 2.27. The van der Waals surface area contributed by atoms with Gasteiger partial charge >= 0.3 is 0 Å². The fourth-order valence-electron chi connectivity index (χ4n) is 0.936. The Morgan fingerprint density at radius 1 is 1.62 bits per heavy atom. The third kappa shape index (κ3) is 2.38. The number of rotatable bonds is 2. The van der Waals surface area contributed by atoms with Crippen LogP contribution in [0.3, 0.4) is 0 Å². The van der Waals surface area contributed by atoms with Crippen molar-refractivity contribution in [1.82, 2.24) is 4.98 Å². The molecule has 0 aliphatic carbocycles. The Morgan fingerprint density at radius 2 is 2.23 bits per heavy atom. The van der Waals surface area contributed by atoms with Gasteiger partial charge in [0, 0.05) is 0 Å². The third-order valence-electron chi connectivity index (χ3n) is 1.66. The van der Waals surface area contributed by atoms with Crippen molar-refractivity contribution in [3.05, 3.63) is 27.5 Å². The normalized spacial score (nSPS) is 10.9. The van der Waals surface area contributed by atoms with Crippen molar-refractivity contribution >= 4 is 27.5 Å². The molecule has 0 amide bonds. The van der Waals surface area contributed by atoms with Crippen LogP contribution < -0.4 is 0 Å². The van der Waals surface area contributed by atoms with Gasteiger partial charge in [-0.1, -0.05) is 0 Å². The molecule has 1 aromatic heterocycles. The van der Waals surface area contributed by atoms with E-state index in [0.717, 1.165) is 0 Å². The van der Waals surface area contributed by atoms with Gasteiger partial charge in [0.1, 0.15) is 4.60 Å². The van der Waals surface area contributed by atoms with Gasteiger partial charge < -0.3 is 0 Å². The first-order valence-electron chi connectivity index (χ1n) is 3.56. The fraction of sp³-hybridized carbons (Fsp3) is 0.375. The number of hydrogen-bond acceptors (Lipinski definition) is 1. The Hall–Kier alpha value is -0.220. The summed E-state index contributed by atoms with van der Waals surface area (Å²) in [7, 11) is 0. The average molecular weight is 271 g/mol. The molecule has 0 fully saturated rings. The number of hydrogen-bond donors (Lipinski definition) is 0. The Kier molecular flexibility index (Phi) is 3.62. The second-order valence-corrected chi connectivity index (χ2v) is 3.58. The molecule has 0 radical (unpaired) electrons. The van der Waals surface area contributed by atoms with Crippen LogP contribution in [-0.4, -0.2) is 4.98 Å². The van der Waals surface area contributed by atoms with E-state index in [0.29, 0.717) is 11.3 Å². The summed E-state index contributed by atoms with van der Waals surface area (Å²) in [6, 6.07) is 1.40. The zero-order valence-electron chi connectivity index (χ0n) is 6.82. The first-order valence-corrected chi connectivity index (χ1v) is 4.89. The molecule has 0 aliphatic rings. The summed E-state index contributed by atoms with van der Waals surface area (Å²) in [5.41, 5.74) is 1.22. The minimum absolute atomic E-state index is 0.0913. The van der Waals surface area contributed by atoms with Crippen LogP contribution in [0.25, 0.3) is 0 Å². The first kappa shape index (κ1) is 10.9. The minimum Gasteiger partial charge on any atom is -0.244 e. The van der Waals surface area contributed by atoms with Crippen molar-refractivity contribution in [2.45, 2.75) is 19.2 Å². The van der Waals surface area contributed by atoms with Crippen LogP contribution in [0.15, 0.2) is 10.7 Å². The van der Waals surface area contributed by atoms with E-state index in [2.05, 4.69) is 20.9 Å². The predicted molar refractivity (Wildman–Crippen MR) is 51.2 cm³/mol. The van der Waals surface area contributed by atoms with E-state index in [4.69, 9.17) is 11.6 Å². The van der Waals surface area contributed by atoms with Crippen LogP contribution in [0.5, 0.6) is 0 Å². The number of pyridine rings is 1. The molecule has 1 nitrogen and oxygen atoms in total. The molecule has 0 atom stereocenters. The second-order valence-electron chi connectivity index (χ2n) is 2.57. The van der Waals surface area contributed by atoms with Crippen LogP contribution in [-0.2, 0) is 5.88 Å². The van der Waals surface area contributed by atoms with E-state index in [1.54, 1.807) is 6.92 Å². The molecule has 1 rings (SSSR count). The Bertz CT molecular complexity index is 317. The third-order valence-corrected chi connectivity index (χ3v) is 2.55. The van der Waals surface area contributed by atoms with E-state index < -0.39 is 6.43 Å². The molecule has 0 spiro atoms. The Morgan fingerprint density at radius 3 is 2.69 bits per heavy atom. The van der Waals surface area contributed by atoms with E-state index in [-0.39, 0.29) is 16.0 Å². The van der Waals surface area contributed by atoms with Crippen LogP contribution in [0.1, 0.15) is 23.2 Å². The summed E-state index contributed by atoms with van der Waals surface area (Å²) in [6.45, 7) is 1.71. The summed E-state index contributed by atoms with van der Waals surface area (Å²) in [5.74, 6) is 0.230. The summed E-state index contributed by atoms with van der Waals surface area (Å²) >= 11 is 8.54. The van der Waals surface area contributed by atoms with Crippen molar-refractivity contribution < 1.29 is 8.78 Å². The first-order chi connectivity index (χ1) is 6.06. The zero-order chi connectivity index (χ0) is 10.0. The second kappa shape index (κ2) is 4.33. The molecule has 0 N–H and O–H groups in total. The van der Waals surface area contributed by atoms with Gasteiger partial charge in [-0.2, -0.15) is 0 Å². The highest BCUT2D eigenvalue weighted by atomic mass is 79.9. The number of aryl methyl sites for hydroxylation is 1. The lowest BCUT2D eigenvalue weighted by Crippen LogP contribution is -1.97. The molecule has 5 heteroatoms. The smallest absolute Gasteiger partial charge is 0.244 e. The van der Waals surface area contributed by atoms with Crippen molar-refractivity contribution in [2.24, 2.45) is 0 Å². The predicted octanol–water partition coefficient (Wildman–Crippen LogP) is 3.83. The van der Waals surface area contributed by atoms with Crippen molar-refractivity contribution in [3.8, 4) is 0 Å². The topological polar surface area (TPSA) is 12.9 Å². The molecule has 0 saturated carbocycles. The quantitative estimate of drug-likeness (QED) is 0.588. The summed E-state index contributed by atoms with van der Waals surface area (Å²) in [4.78, 5) is 3.92. The number of alkyl halides is 3. The molecule has 1 heterocycles. The van der Waals surface area contributed by atoms with E-state index in [9.17, 15) is 8.78 Å². The van der Waals surface area contributed by atoms with Gasteiger partial charge in [0.15, 0.2) is 0 Å². The number of aromatic nitrogens is 1. The Balaban J connectivity index is 3.20. The number of nitrogens with zero attached hydrogens (tertiary/aromatic N) is 1. The monoisotopic (exact) mass is 269 g/mol.